The minimum atomic E-state index is -0.310. The largest absolute Gasteiger partial charge is 0.324 e. The zero-order valence-corrected chi connectivity index (χ0v) is 15.8. The van der Waals surface area contributed by atoms with Gasteiger partial charge in [-0.15, -0.1) is 0 Å². The molecule has 1 aliphatic rings. The number of para-hydroxylation sites is 2. The van der Waals surface area contributed by atoms with Crippen molar-refractivity contribution in [3.05, 3.63) is 66.6 Å². The zero-order chi connectivity index (χ0) is 19.6. The van der Waals surface area contributed by atoms with Crippen LogP contribution in [0.3, 0.4) is 0 Å². The molecule has 0 radical (unpaired) electrons. The van der Waals surface area contributed by atoms with Crippen LogP contribution in [-0.2, 0) is 0 Å². The van der Waals surface area contributed by atoms with Crippen molar-refractivity contribution in [3.8, 4) is 0 Å². The lowest BCUT2D eigenvalue weighted by molar-refractivity contribution is 0.535. The third-order valence-electron chi connectivity index (χ3n) is 5.27. The summed E-state index contributed by atoms with van der Waals surface area (Å²) in [7, 11) is 0. The van der Waals surface area contributed by atoms with Crippen LogP contribution in [0.15, 0.2) is 60.8 Å². The Morgan fingerprint density at radius 3 is 2.45 bits per heavy atom. The van der Waals surface area contributed by atoms with Crippen LogP contribution in [-0.4, -0.2) is 19.5 Å². The highest BCUT2D eigenvalue weighted by Gasteiger charge is 2.24. The Balaban J connectivity index is 1.57. The molecule has 2 N–H and O–H groups in total. The maximum absolute atomic E-state index is 14.2. The molecule has 146 valence electrons. The highest BCUT2D eigenvalue weighted by molar-refractivity contribution is 5.77. The average molecular weight is 388 g/mol. The molecule has 0 amide bonds. The fourth-order valence-electron chi connectivity index (χ4n) is 3.88. The summed E-state index contributed by atoms with van der Waals surface area (Å²) in [5, 5.41) is 6.40. The van der Waals surface area contributed by atoms with E-state index in [1.54, 1.807) is 24.4 Å². The lowest BCUT2D eigenvalue weighted by Gasteiger charge is -2.17. The van der Waals surface area contributed by atoms with E-state index in [0.29, 0.717) is 23.1 Å². The van der Waals surface area contributed by atoms with E-state index in [1.165, 1.54) is 18.9 Å². The summed E-state index contributed by atoms with van der Waals surface area (Å²) < 4.78 is 16.3. The van der Waals surface area contributed by atoms with E-state index < -0.39 is 0 Å². The molecule has 2 aromatic heterocycles. The molecule has 1 fully saturated rings. The number of halogens is 1. The van der Waals surface area contributed by atoms with Gasteiger partial charge in [-0.25, -0.2) is 14.4 Å². The summed E-state index contributed by atoms with van der Waals surface area (Å²) in [5.74, 6) is 0.804. The van der Waals surface area contributed by atoms with Crippen LogP contribution in [0, 0.1) is 5.82 Å². The first-order valence-electron chi connectivity index (χ1n) is 9.86. The molecule has 0 atom stereocenters. The van der Waals surface area contributed by atoms with Gasteiger partial charge in [-0.3, -0.25) is 4.57 Å². The lowest BCUT2D eigenvalue weighted by Crippen LogP contribution is -2.10. The monoisotopic (exact) mass is 388 g/mol. The molecule has 0 bridgehead atoms. The van der Waals surface area contributed by atoms with Crippen molar-refractivity contribution in [2.45, 2.75) is 31.7 Å². The number of anilines is 4. The number of imidazole rings is 1. The Hall–Kier alpha value is -3.48. The quantitative estimate of drug-likeness (QED) is 0.468. The maximum Gasteiger partial charge on any atom is 0.229 e. The molecule has 5 rings (SSSR count). The van der Waals surface area contributed by atoms with E-state index in [-0.39, 0.29) is 11.9 Å². The molecule has 0 saturated heterocycles. The molecule has 29 heavy (non-hydrogen) atoms. The van der Waals surface area contributed by atoms with Gasteiger partial charge in [0.15, 0.2) is 5.65 Å². The van der Waals surface area contributed by atoms with Gasteiger partial charge in [0.1, 0.15) is 11.3 Å². The number of aromatic nitrogens is 4. The van der Waals surface area contributed by atoms with E-state index in [4.69, 9.17) is 4.98 Å². The summed E-state index contributed by atoms with van der Waals surface area (Å²) >= 11 is 0. The first-order chi connectivity index (χ1) is 14.3. The van der Waals surface area contributed by atoms with Crippen molar-refractivity contribution < 1.29 is 4.39 Å². The molecule has 1 saturated carbocycles. The maximum atomic E-state index is 14.2. The topological polar surface area (TPSA) is 67.7 Å². The van der Waals surface area contributed by atoms with Gasteiger partial charge < -0.3 is 10.6 Å². The molecule has 6 nitrogen and oxygen atoms in total. The summed E-state index contributed by atoms with van der Waals surface area (Å²) in [4.78, 5) is 13.8. The molecule has 0 unspecified atom stereocenters. The van der Waals surface area contributed by atoms with Crippen LogP contribution in [0.5, 0.6) is 0 Å². The molecule has 4 aromatic rings. The van der Waals surface area contributed by atoms with Crippen LogP contribution >= 0.6 is 0 Å². The number of nitrogens with zero attached hydrogens (tertiary/aromatic N) is 4. The standard InChI is InChI=1S/C22H21FN6/c23-17-12-6-7-13-18(17)26-22-27-19-14-24-21(25-15-8-2-1-3-9-15)28-20(19)29(22)16-10-4-5-11-16/h1-3,6-9,12-14,16H,4-5,10-11H2,(H,26,27)(H,24,25,28). The number of hydrogen-bond acceptors (Lipinski definition) is 5. The predicted molar refractivity (Wildman–Crippen MR) is 112 cm³/mol. The van der Waals surface area contributed by atoms with E-state index in [1.807, 2.05) is 30.3 Å². The Labute approximate surface area is 167 Å². The predicted octanol–water partition coefficient (Wildman–Crippen LogP) is 5.57. The van der Waals surface area contributed by atoms with Crippen LogP contribution in [0.1, 0.15) is 31.7 Å². The summed E-state index contributed by atoms with van der Waals surface area (Å²) in [5.41, 5.74) is 2.76. The van der Waals surface area contributed by atoms with Crippen molar-refractivity contribution in [3.63, 3.8) is 0 Å². The zero-order valence-electron chi connectivity index (χ0n) is 15.8. The van der Waals surface area contributed by atoms with Gasteiger partial charge in [0, 0.05) is 11.7 Å². The second-order valence-corrected chi connectivity index (χ2v) is 7.24. The lowest BCUT2D eigenvalue weighted by atomic mass is 10.2. The fraction of sp³-hybridized carbons (Fsp3) is 0.227. The average Bonchev–Trinajstić information content (AvgIpc) is 3.37. The highest BCUT2D eigenvalue weighted by atomic mass is 19.1. The first-order valence-corrected chi connectivity index (χ1v) is 9.86. The Morgan fingerprint density at radius 2 is 1.66 bits per heavy atom. The molecule has 7 heteroatoms. The third-order valence-corrected chi connectivity index (χ3v) is 5.27. The Kier molecular flexibility index (Phi) is 4.56. The van der Waals surface area contributed by atoms with E-state index in [2.05, 4.69) is 25.2 Å². The number of hydrogen-bond donors (Lipinski definition) is 2. The molecule has 1 aliphatic carbocycles. The fourth-order valence-corrected chi connectivity index (χ4v) is 3.88. The first kappa shape index (κ1) is 17.6. The van der Waals surface area contributed by atoms with Crippen molar-refractivity contribution >= 4 is 34.4 Å². The van der Waals surface area contributed by atoms with Gasteiger partial charge in [-0.1, -0.05) is 43.2 Å². The summed E-state index contributed by atoms with van der Waals surface area (Å²) in [6, 6.07) is 16.7. The van der Waals surface area contributed by atoms with Gasteiger partial charge in [-0.05, 0) is 37.1 Å². The van der Waals surface area contributed by atoms with Crippen molar-refractivity contribution in [2.24, 2.45) is 0 Å². The van der Waals surface area contributed by atoms with Crippen molar-refractivity contribution in [1.82, 2.24) is 19.5 Å². The highest BCUT2D eigenvalue weighted by Crippen LogP contribution is 2.36. The van der Waals surface area contributed by atoms with Gasteiger partial charge >= 0.3 is 0 Å². The molecule has 0 spiro atoms. The number of nitrogens with one attached hydrogen (secondary N) is 2. The van der Waals surface area contributed by atoms with Crippen LogP contribution < -0.4 is 10.6 Å². The van der Waals surface area contributed by atoms with E-state index in [9.17, 15) is 4.39 Å². The van der Waals surface area contributed by atoms with Crippen LogP contribution in [0.2, 0.25) is 0 Å². The normalized spacial score (nSPS) is 14.4. The van der Waals surface area contributed by atoms with Gasteiger partial charge in [-0.2, -0.15) is 4.98 Å². The minimum absolute atomic E-state index is 0.286. The van der Waals surface area contributed by atoms with Crippen molar-refractivity contribution in [1.29, 1.82) is 0 Å². The number of rotatable bonds is 5. The van der Waals surface area contributed by atoms with Crippen molar-refractivity contribution in [2.75, 3.05) is 10.6 Å². The van der Waals surface area contributed by atoms with Crippen LogP contribution in [0.25, 0.3) is 11.2 Å². The molecular weight excluding hydrogens is 367 g/mol. The number of fused-ring (bicyclic) bond motifs is 1. The van der Waals surface area contributed by atoms with E-state index in [0.717, 1.165) is 24.2 Å². The van der Waals surface area contributed by atoms with Crippen LogP contribution in [0.4, 0.5) is 27.7 Å². The molecular formula is C22H21FN6. The third kappa shape index (κ3) is 3.51. The minimum Gasteiger partial charge on any atom is -0.324 e. The SMILES string of the molecule is Fc1ccccc1Nc1nc2cnc(Nc3ccccc3)nc2n1C1CCCC1. The Morgan fingerprint density at radius 1 is 0.897 bits per heavy atom. The smallest absolute Gasteiger partial charge is 0.229 e. The van der Waals surface area contributed by atoms with Gasteiger partial charge in [0.25, 0.3) is 0 Å². The Bertz CT molecular complexity index is 1130. The molecule has 2 aromatic carbocycles. The van der Waals surface area contributed by atoms with Gasteiger partial charge in [0.2, 0.25) is 11.9 Å². The summed E-state index contributed by atoms with van der Waals surface area (Å²) in [6.45, 7) is 0. The summed E-state index contributed by atoms with van der Waals surface area (Å²) in [6.07, 6.45) is 6.17. The van der Waals surface area contributed by atoms with Gasteiger partial charge in [0.05, 0.1) is 11.9 Å². The second kappa shape index (κ2) is 7.50. The van der Waals surface area contributed by atoms with E-state index >= 15 is 0 Å². The second-order valence-electron chi connectivity index (χ2n) is 7.24. The number of benzene rings is 2. The molecule has 0 aliphatic heterocycles. The molecule has 2 heterocycles.